The molecule has 1 saturated heterocycles. The Bertz CT molecular complexity index is 655. The second kappa shape index (κ2) is 4.42. The van der Waals surface area contributed by atoms with Crippen molar-refractivity contribution >= 4 is 32.5 Å². The molecule has 0 spiro atoms. The molecule has 102 valence electrons. The predicted octanol–water partition coefficient (Wildman–Crippen LogP) is 0.566. The van der Waals surface area contributed by atoms with Gasteiger partial charge in [0.2, 0.25) is 0 Å². The Morgan fingerprint density at radius 3 is 2.84 bits per heavy atom. The first-order valence-electron chi connectivity index (χ1n) is 5.93. The Balaban J connectivity index is 2.07. The molecule has 2 aliphatic rings. The van der Waals surface area contributed by atoms with Crippen LogP contribution in [0.4, 0.5) is 5.69 Å². The maximum Gasteiger partial charge on any atom is 0.310 e. The van der Waals surface area contributed by atoms with Gasteiger partial charge in [-0.1, -0.05) is 12.1 Å². The van der Waals surface area contributed by atoms with Crippen LogP contribution in [-0.4, -0.2) is 48.1 Å². The zero-order chi connectivity index (χ0) is 13.6. The summed E-state index contributed by atoms with van der Waals surface area (Å²) in [7, 11) is -1.36. The van der Waals surface area contributed by atoms with Gasteiger partial charge in [0.05, 0.1) is 23.9 Å². The first kappa shape index (κ1) is 12.8. The van der Waals surface area contributed by atoms with Gasteiger partial charge >= 0.3 is 5.17 Å². The number of thioether (sulfide) groups is 1. The quantitative estimate of drug-likeness (QED) is 0.808. The first-order valence-corrected chi connectivity index (χ1v) is 8.64. The normalized spacial score (nSPS) is 28.5. The molecular weight excluding hydrogens is 284 g/mol. The fourth-order valence-electron chi connectivity index (χ4n) is 2.65. The largest absolute Gasteiger partial charge is 0.492 e. The van der Waals surface area contributed by atoms with Crippen molar-refractivity contribution in [2.24, 2.45) is 5.73 Å². The highest BCUT2D eigenvalue weighted by molar-refractivity contribution is 8.15. The van der Waals surface area contributed by atoms with Crippen molar-refractivity contribution in [3.8, 4) is 5.75 Å². The number of methoxy groups -OCH3 is 1. The van der Waals surface area contributed by atoms with Crippen LogP contribution in [0.15, 0.2) is 24.3 Å². The van der Waals surface area contributed by atoms with Crippen molar-refractivity contribution < 1.29 is 17.7 Å². The molecule has 0 amide bonds. The summed E-state index contributed by atoms with van der Waals surface area (Å²) >= 11 is 1.45. The molecular formula is C12H15N2O3S2+. The predicted molar refractivity (Wildman–Crippen MR) is 75.9 cm³/mol. The minimum atomic E-state index is -2.96. The Morgan fingerprint density at radius 1 is 1.37 bits per heavy atom. The monoisotopic (exact) mass is 299 g/mol. The van der Waals surface area contributed by atoms with E-state index in [0.717, 1.165) is 5.69 Å². The molecule has 2 N–H and O–H groups in total. The van der Waals surface area contributed by atoms with Crippen molar-refractivity contribution in [1.29, 1.82) is 0 Å². The van der Waals surface area contributed by atoms with E-state index in [-0.39, 0.29) is 22.8 Å². The number of nitrogens with zero attached hydrogens (tertiary/aromatic N) is 1. The molecule has 0 bridgehead atoms. The number of benzene rings is 1. The van der Waals surface area contributed by atoms with E-state index in [2.05, 4.69) is 0 Å². The topological polar surface area (TPSA) is 72.4 Å². The standard InChI is InChI=1S/C12H14N2O3S2/c1-17-10-5-3-2-4-8(10)14-9-6-19(15,16)7-11(9)18-12(14)13/h2-5,9,11,13H,6-7H2,1H3/p+1. The summed E-state index contributed by atoms with van der Waals surface area (Å²) in [6.07, 6.45) is 0. The van der Waals surface area contributed by atoms with Crippen LogP contribution in [0, 0.1) is 0 Å². The second-order valence-electron chi connectivity index (χ2n) is 4.68. The van der Waals surface area contributed by atoms with Crippen LogP contribution in [-0.2, 0) is 9.84 Å². The van der Waals surface area contributed by atoms with E-state index in [9.17, 15) is 8.42 Å². The van der Waals surface area contributed by atoms with Crippen LogP contribution in [0.1, 0.15) is 0 Å². The lowest BCUT2D eigenvalue weighted by molar-refractivity contribution is -0.471. The number of fused-ring (bicyclic) bond motifs is 1. The highest BCUT2D eigenvalue weighted by Crippen LogP contribution is 2.39. The average molecular weight is 299 g/mol. The van der Waals surface area contributed by atoms with Crippen LogP contribution < -0.4 is 10.5 Å². The second-order valence-corrected chi connectivity index (χ2v) is 8.09. The molecule has 3 rings (SSSR count). The highest BCUT2D eigenvalue weighted by atomic mass is 32.2. The van der Waals surface area contributed by atoms with E-state index < -0.39 is 9.84 Å². The van der Waals surface area contributed by atoms with Crippen LogP contribution in [0.2, 0.25) is 0 Å². The smallest absolute Gasteiger partial charge is 0.310 e. The maximum absolute atomic E-state index is 11.8. The van der Waals surface area contributed by atoms with E-state index in [4.69, 9.17) is 10.5 Å². The Hall–Kier alpha value is -1.21. The van der Waals surface area contributed by atoms with E-state index in [0.29, 0.717) is 10.9 Å². The molecule has 1 aromatic rings. The summed E-state index contributed by atoms with van der Waals surface area (Å²) in [5.41, 5.74) is 6.90. The van der Waals surface area contributed by atoms with Crippen molar-refractivity contribution in [3.05, 3.63) is 24.3 Å². The lowest BCUT2D eigenvalue weighted by Gasteiger charge is -2.13. The zero-order valence-electron chi connectivity index (χ0n) is 10.4. The number of ether oxygens (including phenoxy) is 1. The summed E-state index contributed by atoms with van der Waals surface area (Å²) in [4.78, 5) is 0. The summed E-state index contributed by atoms with van der Waals surface area (Å²) in [6, 6.07) is 7.44. The summed E-state index contributed by atoms with van der Waals surface area (Å²) in [6.45, 7) is 0. The molecule has 2 aliphatic heterocycles. The van der Waals surface area contributed by atoms with Gasteiger partial charge < -0.3 is 4.74 Å². The van der Waals surface area contributed by atoms with Crippen LogP contribution in [0.3, 0.4) is 0 Å². The van der Waals surface area contributed by atoms with Crippen molar-refractivity contribution in [1.82, 2.24) is 0 Å². The number of sulfone groups is 1. The summed E-state index contributed by atoms with van der Waals surface area (Å²) in [5, 5.41) is 0.671. The van der Waals surface area contributed by atoms with E-state index in [1.807, 2.05) is 28.8 Å². The number of para-hydroxylation sites is 2. The Labute approximate surface area is 116 Å². The Kier molecular flexibility index (Phi) is 2.98. The number of rotatable bonds is 2. The van der Waals surface area contributed by atoms with E-state index >= 15 is 0 Å². The van der Waals surface area contributed by atoms with Crippen LogP contribution in [0.5, 0.6) is 5.75 Å². The van der Waals surface area contributed by atoms with E-state index in [1.165, 1.54) is 11.8 Å². The van der Waals surface area contributed by atoms with Gasteiger partial charge in [-0.2, -0.15) is 0 Å². The maximum atomic E-state index is 11.8. The van der Waals surface area contributed by atoms with Crippen molar-refractivity contribution in [2.75, 3.05) is 18.6 Å². The van der Waals surface area contributed by atoms with Gasteiger partial charge in [-0.25, -0.2) is 13.0 Å². The van der Waals surface area contributed by atoms with Gasteiger partial charge in [-0.3, -0.25) is 5.73 Å². The minimum absolute atomic E-state index is 0.0231. The van der Waals surface area contributed by atoms with Gasteiger partial charge in [-0.15, -0.1) is 0 Å². The number of nitrogens with two attached hydrogens (primary N) is 1. The number of hydrogen-bond donors (Lipinski definition) is 1. The molecule has 2 unspecified atom stereocenters. The van der Waals surface area contributed by atoms with Crippen LogP contribution in [0.25, 0.3) is 0 Å². The molecule has 1 aromatic carbocycles. The third kappa shape index (κ3) is 2.10. The summed E-state index contributed by atoms with van der Waals surface area (Å²) < 4.78 is 30.8. The van der Waals surface area contributed by atoms with Gasteiger partial charge in [0, 0.05) is 0 Å². The lowest BCUT2D eigenvalue weighted by Crippen LogP contribution is -2.29. The fraction of sp³-hybridized carbons (Fsp3) is 0.417. The molecule has 2 atom stereocenters. The lowest BCUT2D eigenvalue weighted by atomic mass is 10.2. The SMILES string of the molecule is COc1ccccc1[N+]1=C(N)SC2CS(=O)(=O)CC21. The van der Waals surface area contributed by atoms with Gasteiger partial charge in [0.1, 0.15) is 6.04 Å². The molecule has 0 aromatic heterocycles. The van der Waals surface area contributed by atoms with Gasteiger partial charge in [0.25, 0.3) is 0 Å². The minimum Gasteiger partial charge on any atom is -0.492 e. The molecule has 0 radical (unpaired) electrons. The molecule has 2 heterocycles. The first-order chi connectivity index (χ1) is 9.02. The Morgan fingerprint density at radius 2 is 2.11 bits per heavy atom. The molecule has 0 aliphatic carbocycles. The van der Waals surface area contributed by atoms with Gasteiger partial charge in [0.15, 0.2) is 21.3 Å². The van der Waals surface area contributed by atoms with Crippen LogP contribution >= 0.6 is 11.8 Å². The zero-order valence-corrected chi connectivity index (χ0v) is 12.1. The molecule has 1 fully saturated rings. The fourth-order valence-corrected chi connectivity index (χ4v) is 6.46. The third-order valence-electron chi connectivity index (χ3n) is 3.46. The van der Waals surface area contributed by atoms with Crippen molar-refractivity contribution in [3.63, 3.8) is 0 Å². The molecule has 19 heavy (non-hydrogen) atoms. The highest BCUT2D eigenvalue weighted by Gasteiger charge is 2.50. The molecule has 7 heteroatoms. The third-order valence-corrected chi connectivity index (χ3v) is 6.61. The van der Waals surface area contributed by atoms with E-state index in [1.54, 1.807) is 7.11 Å². The van der Waals surface area contributed by atoms with Crippen molar-refractivity contribution in [2.45, 2.75) is 11.3 Å². The number of hydrogen-bond acceptors (Lipinski definition) is 5. The van der Waals surface area contributed by atoms with Gasteiger partial charge in [-0.05, 0) is 23.9 Å². The summed E-state index contributed by atoms with van der Waals surface area (Å²) in [5.74, 6) is 1.06. The number of amidine groups is 1. The molecule has 5 nitrogen and oxygen atoms in total. The molecule has 0 saturated carbocycles. The average Bonchev–Trinajstić information content (AvgIpc) is 2.79.